The van der Waals surface area contributed by atoms with Crippen molar-refractivity contribution in [3.63, 3.8) is 0 Å². The lowest BCUT2D eigenvalue weighted by Gasteiger charge is -2.03. The van der Waals surface area contributed by atoms with Gasteiger partial charge in [-0.15, -0.1) is 11.3 Å². The summed E-state index contributed by atoms with van der Waals surface area (Å²) >= 11 is 1.26. The number of aliphatic hydroxyl groups excluding tert-OH is 1. The average Bonchev–Trinajstić information content (AvgIpc) is 2.65. The van der Waals surface area contributed by atoms with E-state index in [1.165, 1.54) is 11.3 Å². The lowest BCUT2D eigenvalue weighted by Crippen LogP contribution is -2.26. The highest BCUT2D eigenvalue weighted by Crippen LogP contribution is 2.34. The smallest absolute Gasteiger partial charge is 0.250 e. The largest absolute Gasteiger partial charge is 0.395 e. The summed E-state index contributed by atoms with van der Waals surface area (Å²) in [5.74, 6) is 0. The lowest BCUT2D eigenvalue weighted by atomic mass is 10.1. The van der Waals surface area contributed by atoms with Crippen LogP contribution in [0.1, 0.15) is 11.1 Å². The van der Waals surface area contributed by atoms with Crippen molar-refractivity contribution >= 4 is 31.4 Å². The number of fused-ring (bicyclic) bond motifs is 1. The maximum atomic E-state index is 12.1. The van der Waals surface area contributed by atoms with Gasteiger partial charge < -0.3 is 5.11 Å². The van der Waals surface area contributed by atoms with Gasteiger partial charge in [0.15, 0.2) is 0 Å². The molecule has 1 aromatic heterocycles. The van der Waals surface area contributed by atoms with Gasteiger partial charge in [0.25, 0.3) is 0 Å². The second kappa shape index (κ2) is 4.97. The molecule has 0 saturated heterocycles. The van der Waals surface area contributed by atoms with Crippen LogP contribution in [-0.4, -0.2) is 26.7 Å². The molecule has 2 rings (SSSR count). The number of aryl methyl sites for hydroxylation is 2. The first kappa shape index (κ1) is 13.5. The molecule has 2 aromatic rings. The predicted molar refractivity (Wildman–Crippen MR) is 73.6 cm³/mol. The molecule has 0 fully saturated rings. The van der Waals surface area contributed by atoms with Crippen LogP contribution in [0.3, 0.4) is 0 Å². The molecule has 0 aliphatic rings. The number of rotatable bonds is 4. The summed E-state index contributed by atoms with van der Waals surface area (Å²) in [4.78, 5) is 0. The molecule has 0 amide bonds. The fourth-order valence-corrected chi connectivity index (χ4v) is 4.62. The Balaban J connectivity index is 2.55. The molecule has 1 heterocycles. The number of sulfonamides is 1. The summed E-state index contributed by atoms with van der Waals surface area (Å²) in [6.45, 7) is 3.62. The van der Waals surface area contributed by atoms with Gasteiger partial charge in [0.2, 0.25) is 10.0 Å². The SMILES string of the molecule is Cc1ccc2sc(S(=O)(=O)NCCO)c(C)c2c1. The van der Waals surface area contributed by atoms with E-state index in [1.54, 1.807) is 0 Å². The zero-order chi connectivity index (χ0) is 13.3. The molecule has 2 N–H and O–H groups in total. The molecule has 98 valence electrons. The van der Waals surface area contributed by atoms with Crippen molar-refractivity contribution in [3.8, 4) is 0 Å². The molecule has 0 radical (unpaired) electrons. The van der Waals surface area contributed by atoms with E-state index in [4.69, 9.17) is 5.11 Å². The molecular weight excluding hydrogens is 270 g/mol. The van der Waals surface area contributed by atoms with Crippen molar-refractivity contribution < 1.29 is 13.5 Å². The Labute approximate surface area is 110 Å². The second-order valence-electron chi connectivity index (χ2n) is 4.14. The molecule has 0 bridgehead atoms. The molecule has 0 saturated carbocycles. The molecule has 0 unspecified atom stereocenters. The molecule has 4 nitrogen and oxygen atoms in total. The Bertz CT molecular complexity index is 674. The molecule has 18 heavy (non-hydrogen) atoms. The maximum Gasteiger partial charge on any atom is 0.250 e. The molecular formula is C12H15NO3S2. The van der Waals surface area contributed by atoms with E-state index >= 15 is 0 Å². The fraction of sp³-hybridized carbons (Fsp3) is 0.333. The van der Waals surface area contributed by atoms with Crippen molar-refractivity contribution in [1.82, 2.24) is 4.72 Å². The van der Waals surface area contributed by atoms with Crippen LogP contribution in [-0.2, 0) is 10.0 Å². The normalized spacial score (nSPS) is 12.2. The lowest BCUT2D eigenvalue weighted by molar-refractivity contribution is 0.301. The van der Waals surface area contributed by atoms with Crippen molar-refractivity contribution in [2.75, 3.05) is 13.2 Å². The fourth-order valence-electron chi connectivity index (χ4n) is 1.81. The number of hydrogen-bond donors (Lipinski definition) is 2. The summed E-state index contributed by atoms with van der Waals surface area (Å²) in [7, 11) is -3.52. The Hall–Kier alpha value is -0.950. The van der Waals surface area contributed by atoms with Crippen molar-refractivity contribution in [3.05, 3.63) is 29.3 Å². The van der Waals surface area contributed by atoms with Crippen LogP contribution in [0.25, 0.3) is 10.1 Å². The van der Waals surface area contributed by atoms with Crippen molar-refractivity contribution in [1.29, 1.82) is 0 Å². The van der Waals surface area contributed by atoms with E-state index in [0.29, 0.717) is 4.21 Å². The highest BCUT2D eigenvalue weighted by Gasteiger charge is 2.20. The molecule has 0 spiro atoms. The Morgan fingerprint density at radius 3 is 2.72 bits per heavy atom. The van der Waals surface area contributed by atoms with E-state index in [-0.39, 0.29) is 13.2 Å². The van der Waals surface area contributed by atoms with Gasteiger partial charge in [0.05, 0.1) is 6.61 Å². The number of nitrogens with one attached hydrogen (secondary N) is 1. The van der Waals surface area contributed by atoms with Crippen LogP contribution in [0.15, 0.2) is 22.4 Å². The molecule has 6 heteroatoms. The van der Waals surface area contributed by atoms with Gasteiger partial charge in [0, 0.05) is 11.2 Å². The molecule has 0 atom stereocenters. The van der Waals surface area contributed by atoms with Crippen LogP contribution < -0.4 is 4.72 Å². The Morgan fingerprint density at radius 2 is 2.06 bits per heavy atom. The van der Waals surface area contributed by atoms with Crippen molar-refractivity contribution in [2.45, 2.75) is 18.1 Å². The molecule has 0 aliphatic heterocycles. The van der Waals surface area contributed by atoms with Crippen LogP contribution in [0.4, 0.5) is 0 Å². The third-order valence-electron chi connectivity index (χ3n) is 2.70. The number of hydrogen-bond acceptors (Lipinski definition) is 4. The number of benzene rings is 1. The molecule has 0 aliphatic carbocycles. The number of thiophene rings is 1. The standard InChI is InChI=1S/C12H15NO3S2/c1-8-3-4-11-10(7-8)9(2)12(17-11)18(15,16)13-5-6-14/h3-4,7,13-14H,5-6H2,1-2H3. The topological polar surface area (TPSA) is 66.4 Å². The van der Waals surface area contributed by atoms with Gasteiger partial charge >= 0.3 is 0 Å². The minimum atomic E-state index is -3.52. The van der Waals surface area contributed by atoms with Crippen molar-refractivity contribution in [2.24, 2.45) is 0 Å². The van der Waals surface area contributed by atoms with Gasteiger partial charge in [-0.2, -0.15) is 0 Å². The zero-order valence-corrected chi connectivity index (χ0v) is 11.9. The summed E-state index contributed by atoms with van der Waals surface area (Å²) in [6, 6.07) is 5.90. The minimum absolute atomic E-state index is 0.0368. The molecule has 1 aromatic carbocycles. The maximum absolute atomic E-state index is 12.1. The van der Waals surface area contributed by atoms with E-state index in [2.05, 4.69) is 4.72 Å². The summed E-state index contributed by atoms with van der Waals surface area (Å²) < 4.78 is 27.8. The number of aliphatic hydroxyl groups is 1. The first-order chi connectivity index (χ1) is 8.45. The Kier molecular flexibility index (Phi) is 3.72. The summed E-state index contributed by atoms with van der Waals surface area (Å²) in [5.41, 5.74) is 1.87. The van der Waals surface area contributed by atoms with E-state index in [1.807, 2.05) is 32.0 Å². The first-order valence-electron chi connectivity index (χ1n) is 5.56. The Morgan fingerprint density at radius 1 is 1.33 bits per heavy atom. The second-order valence-corrected chi connectivity index (χ2v) is 7.15. The summed E-state index contributed by atoms with van der Waals surface area (Å²) in [5, 5.41) is 9.67. The first-order valence-corrected chi connectivity index (χ1v) is 7.86. The quantitative estimate of drug-likeness (QED) is 0.900. The van der Waals surface area contributed by atoms with Crippen LogP contribution >= 0.6 is 11.3 Å². The third-order valence-corrected chi connectivity index (χ3v) is 6.05. The van der Waals surface area contributed by atoms with Crippen LogP contribution in [0.2, 0.25) is 0 Å². The highest BCUT2D eigenvalue weighted by molar-refractivity contribution is 7.91. The minimum Gasteiger partial charge on any atom is -0.395 e. The van der Waals surface area contributed by atoms with Gasteiger partial charge in [-0.3, -0.25) is 0 Å². The zero-order valence-electron chi connectivity index (χ0n) is 10.2. The van der Waals surface area contributed by atoms with Gasteiger partial charge in [-0.1, -0.05) is 17.7 Å². The average molecular weight is 285 g/mol. The van der Waals surface area contributed by atoms with Gasteiger partial charge in [-0.05, 0) is 30.9 Å². The van der Waals surface area contributed by atoms with Gasteiger partial charge in [-0.25, -0.2) is 13.1 Å². The van der Waals surface area contributed by atoms with Gasteiger partial charge in [0.1, 0.15) is 4.21 Å². The third kappa shape index (κ3) is 2.42. The van der Waals surface area contributed by atoms with Crippen LogP contribution in [0, 0.1) is 13.8 Å². The van der Waals surface area contributed by atoms with E-state index in [0.717, 1.165) is 21.2 Å². The van der Waals surface area contributed by atoms with E-state index in [9.17, 15) is 8.42 Å². The highest BCUT2D eigenvalue weighted by atomic mass is 32.2. The van der Waals surface area contributed by atoms with E-state index < -0.39 is 10.0 Å². The summed E-state index contributed by atoms with van der Waals surface area (Å²) in [6.07, 6.45) is 0. The monoisotopic (exact) mass is 285 g/mol. The predicted octanol–water partition coefficient (Wildman–Crippen LogP) is 1.79. The van der Waals surface area contributed by atoms with Crippen LogP contribution in [0.5, 0.6) is 0 Å².